The number of benzene rings is 1. The summed E-state index contributed by atoms with van der Waals surface area (Å²) in [5.74, 6) is -0.314. The minimum atomic E-state index is -0.938. The summed E-state index contributed by atoms with van der Waals surface area (Å²) in [4.78, 5) is 10.7. The van der Waals surface area contributed by atoms with E-state index in [2.05, 4.69) is 15.9 Å². The number of rotatable bonds is 3. The normalized spacial score (nSPS) is 15.2. The van der Waals surface area contributed by atoms with E-state index in [4.69, 9.17) is 9.84 Å². The maximum absolute atomic E-state index is 10.7. The summed E-state index contributed by atoms with van der Waals surface area (Å²) in [6, 6.07) is 4.89. The number of carbonyl (C=O) groups is 1. The molecule has 1 aliphatic rings. The predicted octanol–water partition coefficient (Wildman–Crippen LogP) is 2.69. The third-order valence-electron chi connectivity index (χ3n) is 1.95. The molecule has 0 radical (unpaired) electrons. The summed E-state index contributed by atoms with van der Waals surface area (Å²) in [6.45, 7) is 0. The number of ether oxygens (including phenoxy) is 1. The van der Waals surface area contributed by atoms with E-state index in [0.29, 0.717) is 5.75 Å². The van der Waals surface area contributed by atoms with E-state index in [0.717, 1.165) is 17.3 Å². The SMILES string of the molecule is O=C(O)c1cc(Br)cc(OC2CC2)c1. The van der Waals surface area contributed by atoms with Gasteiger partial charge in [0.1, 0.15) is 5.75 Å². The van der Waals surface area contributed by atoms with Crippen LogP contribution in [0.25, 0.3) is 0 Å². The van der Waals surface area contributed by atoms with Gasteiger partial charge in [0.2, 0.25) is 0 Å². The fraction of sp³-hybridized carbons (Fsp3) is 0.300. The first-order valence-corrected chi connectivity index (χ1v) is 5.15. The highest BCUT2D eigenvalue weighted by Gasteiger charge is 2.23. The van der Waals surface area contributed by atoms with Gasteiger partial charge < -0.3 is 9.84 Å². The van der Waals surface area contributed by atoms with E-state index >= 15 is 0 Å². The lowest BCUT2D eigenvalue weighted by Gasteiger charge is -2.05. The van der Waals surface area contributed by atoms with Gasteiger partial charge in [-0.05, 0) is 31.0 Å². The van der Waals surface area contributed by atoms with Crippen LogP contribution in [0.1, 0.15) is 23.2 Å². The van der Waals surface area contributed by atoms with Crippen molar-refractivity contribution in [2.45, 2.75) is 18.9 Å². The van der Waals surface area contributed by atoms with Gasteiger partial charge in [0.25, 0.3) is 0 Å². The molecule has 3 nitrogen and oxygen atoms in total. The van der Waals surface area contributed by atoms with E-state index in [-0.39, 0.29) is 11.7 Å². The lowest BCUT2D eigenvalue weighted by molar-refractivity contribution is 0.0696. The first-order chi connectivity index (χ1) is 6.65. The first kappa shape index (κ1) is 9.52. The Bertz CT molecular complexity index is 372. The average Bonchev–Trinajstić information content (AvgIpc) is 2.87. The minimum Gasteiger partial charge on any atom is -0.490 e. The highest BCUT2D eigenvalue weighted by Crippen LogP contribution is 2.29. The Morgan fingerprint density at radius 2 is 2.14 bits per heavy atom. The van der Waals surface area contributed by atoms with Gasteiger partial charge in [0.05, 0.1) is 11.7 Å². The topological polar surface area (TPSA) is 46.5 Å². The van der Waals surface area contributed by atoms with E-state index in [1.807, 2.05) is 0 Å². The second kappa shape index (κ2) is 3.61. The van der Waals surface area contributed by atoms with Gasteiger partial charge in [-0.2, -0.15) is 0 Å². The number of halogens is 1. The van der Waals surface area contributed by atoms with E-state index in [1.54, 1.807) is 18.2 Å². The number of hydrogen-bond acceptors (Lipinski definition) is 2. The Balaban J connectivity index is 2.25. The summed E-state index contributed by atoms with van der Waals surface area (Å²) in [5.41, 5.74) is 0.245. The van der Waals surface area contributed by atoms with Crippen LogP contribution >= 0.6 is 15.9 Å². The third-order valence-corrected chi connectivity index (χ3v) is 2.40. The summed E-state index contributed by atoms with van der Waals surface area (Å²) < 4.78 is 6.23. The van der Waals surface area contributed by atoms with Gasteiger partial charge in [-0.1, -0.05) is 15.9 Å². The molecule has 1 saturated carbocycles. The van der Waals surface area contributed by atoms with E-state index in [9.17, 15) is 4.79 Å². The van der Waals surface area contributed by atoms with Crippen LogP contribution in [0.2, 0.25) is 0 Å². The zero-order valence-electron chi connectivity index (χ0n) is 7.37. The molecule has 1 aliphatic carbocycles. The number of hydrogen-bond donors (Lipinski definition) is 1. The second-order valence-corrected chi connectivity index (χ2v) is 4.21. The molecule has 1 aromatic rings. The van der Waals surface area contributed by atoms with Crippen LogP contribution in [-0.4, -0.2) is 17.2 Å². The van der Waals surface area contributed by atoms with Crippen LogP contribution in [0.4, 0.5) is 0 Å². The van der Waals surface area contributed by atoms with Gasteiger partial charge in [-0.15, -0.1) is 0 Å². The molecule has 0 atom stereocenters. The zero-order chi connectivity index (χ0) is 10.1. The monoisotopic (exact) mass is 256 g/mol. The van der Waals surface area contributed by atoms with Crippen molar-refractivity contribution in [1.29, 1.82) is 0 Å². The van der Waals surface area contributed by atoms with Crippen molar-refractivity contribution < 1.29 is 14.6 Å². The molecule has 14 heavy (non-hydrogen) atoms. The fourth-order valence-electron chi connectivity index (χ4n) is 1.13. The van der Waals surface area contributed by atoms with Crippen LogP contribution < -0.4 is 4.74 Å². The Labute approximate surface area is 89.8 Å². The lowest BCUT2D eigenvalue weighted by atomic mass is 10.2. The maximum Gasteiger partial charge on any atom is 0.335 e. The Kier molecular flexibility index (Phi) is 2.46. The van der Waals surface area contributed by atoms with Crippen LogP contribution in [0.3, 0.4) is 0 Å². The highest BCUT2D eigenvalue weighted by atomic mass is 79.9. The van der Waals surface area contributed by atoms with Gasteiger partial charge in [0.15, 0.2) is 0 Å². The number of carboxylic acids is 1. The Morgan fingerprint density at radius 3 is 2.71 bits per heavy atom. The third kappa shape index (κ3) is 2.26. The number of aromatic carboxylic acids is 1. The van der Waals surface area contributed by atoms with Crippen LogP contribution in [0, 0.1) is 0 Å². The van der Waals surface area contributed by atoms with Crippen molar-refractivity contribution in [3.05, 3.63) is 28.2 Å². The molecular weight excluding hydrogens is 248 g/mol. The summed E-state index contributed by atoms with van der Waals surface area (Å²) in [6.07, 6.45) is 2.41. The molecule has 0 unspecified atom stereocenters. The van der Waals surface area contributed by atoms with Gasteiger partial charge in [-0.25, -0.2) is 4.79 Å². The average molecular weight is 257 g/mol. The predicted molar refractivity (Wildman–Crippen MR) is 54.8 cm³/mol. The zero-order valence-corrected chi connectivity index (χ0v) is 8.95. The minimum absolute atomic E-state index is 0.245. The quantitative estimate of drug-likeness (QED) is 0.905. The molecule has 0 heterocycles. The van der Waals surface area contributed by atoms with Crippen molar-refractivity contribution in [2.75, 3.05) is 0 Å². The van der Waals surface area contributed by atoms with Crippen molar-refractivity contribution >= 4 is 21.9 Å². The second-order valence-electron chi connectivity index (χ2n) is 3.30. The fourth-order valence-corrected chi connectivity index (χ4v) is 1.60. The molecule has 1 N–H and O–H groups in total. The molecule has 0 aliphatic heterocycles. The lowest BCUT2D eigenvalue weighted by Crippen LogP contribution is -2.00. The first-order valence-electron chi connectivity index (χ1n) is 4.36. The Hall–Kier alpha value is -1.03. The molecule has 1 fully saturated rings. The van der Waals surface area contributed by atoms with Crippen molar-refractivity contribution in [1.82, 2.24) is 0 Å². The van der Waals surface area contributed by atoms with Crippen molar-refractivity contribution in [3.8, 4) is 5.75 Å². The number of carboxylic acid groups (broad SMARTS) is 1. The van der Waals surface area contributed by atoms with Crippen molar-refractivity contribution in [3.63, 3.8) is 0 Å². The molecule has 0 aromatic heterocycles. The molecule has 0 amide bonds. The standard InChI is InChI=1S/C10H9BrO3/c11-7-3-6(10(12)13)4-9(5-7)14-8-1-2-8/h3-5,8H,1-2H2,(H,12,13). The van der Waals surface area contributed by atoms with Crippen LogP contribution in [-0.2, 0) is 0 Å². The Morgan fingerprint density at radius 1 is 1.43 bits per heavy atom. The smallest absolute Gasteiger partial charge is 0.335 e. The summed E-state index contributed by atoms with van der Waals surface area (Å²) >= 11 is 3.25. The molecule has 74 valence electrons. The molecule has 0 bridgehead atoms. The van der Waals surface area contributed by atoms with E-state index < -0.39 is 5.97 Å². The molecule has 4 heteroatoms. The van der Waals surface area contributed by atoms with Crippen LogP contribution in [0.15, 0.2) is 22.7 Å². The van der Waals surface area contributed by atoms with Crippen molar-refractivity contribution in [2.24, 2.45) is 0 Å². The maximum atomic E-state index is 10.7. The van der Waals surface area contributed by atoms with E-state index in [1.165, 1.54) is 0 Å². The molecule has 2 rings (SSSR count). The largest absolute Gasteiger partial charge is 0.490 e. The van der Waals surface area contributed by atoms with Gasteiger partial charge >= 0.3 is 5.97 Å². The van der Waals surface area contributed by atoms with Gasteiger partial charge in [0, 0.05) is 4.47 Å². The molecule has 1 aromatic carbocycles. The summed E-state index contributed by atoms with van der Waals surface area (Å²) in [5, 5.41) is 8.81. The molecular formula is C10H9BrO3. The van der Waals surface area contributed by atoms with Crippen LogP contribution in [0.5, 0.6) is 5.75 Å². The molecule has 0 saturated heterocycles. The summed E-state index contributed by atoms with van der Waals surface area (Å²) in [7, 11) is 0. The van der Waals surface area contributed by atoms with Gasteiger partial charge in [-0.3, -0.25) is 0 Å². The highest BCUT2D eigenvalue weighted by molar-refractivity contribution is 9.10. The molecule has 0 spiro atoms.